The molecule has 0 saturated carbocycles. The molecular weight excluding hydrogens is 423 g/mol. The molecule has 0 spiro atoms. The maximum Gasteiger partial charge on any atom is 0.193 e. The summed E-state index contributed by atoms with van der Waals surface area (Å²) in [5.74, 6) is 1.05. The van der Waals surface area contributed by atoms with Gasteiger partial charge in [0.15, 0.2) is 5.96 Å². The Hall–Kier alpha value is -0.380. The Morgan fingerprint density at radius 3 is 2.65 bits per heavy atom. The van der Waals surface area contributed by atoms with E-state index in [1.54, 1.807) is 0 Å². The molecule has 0 radical (unpaired) electrons. The van der Waals surface area contributed by atoms with Crippen LogP contribution in [0.5, 0.6) is 0 Å². The van der Waals surface area contributed by atoms with Gasteiger partial charge >= 0.3 is 0 Å². The number of hydrogen-bond donors (Lipinski definition) is 1. The fourth-order valence-electron chi connectivity index (χ4n) is 3.23. The third-order valence-corrected chi connectivity index (χ3v) is 5.40. The maximum atomic E-state index is 5.50. The minimum atomic E-state index is 0. The quantitative estimate of drug-likeness (QED) is 0.435. The molecule has 1 N–H and O–H groups in total. The zero-order valence-corrected chi connectivity index (χ0v) is 16.9. The number of morpholine rings is 1. The number of ether oxygens (including phenoxy) is 1. The van der Waals surface area contributed by atoms with Gasteiger partial charge in [-0.05, 0) is 24.3 Å². The number of likely N-dealkylation sites (tertiary alicyclic amines) is 1. The van der Waals surface area contributed by atoms with Crippen LogP contribution in [0.1, 0.15) is 23.8 Å². The third kappa shape index (κ3) is 5.04. The fourth-order valence-corrected chi connectivity index (χ4v) is 4.09. The average Bonchev–Trinajstić information content (AvgIpc) is 3.26. The van der Waals surface area contributed by atoms with E-state index in [2.05, 4.69) is 37.6 Å². The Morgan fingerprint density at radius 1 is 1.30 bits per heavy atom. The van der Waals surface area contributed by atoms with Gasteiger partial charge in [0.1, 0.15) is 0 Å². The standard InChI is InChI=1S/C16H26N4OS.HI/c1-17-16(20-6-2-3-7-20)18-13-14(15-5-4-12-22-15)19-8-10-21-11-9-19;/h4-5,12,14H,2-3,6-11,13H2,1H3,(H,17,18);1H. The topological polar surface area (TPSA) is 40.1 Å². The van der Waals surface area contributed by atoms with Crippen molar-refractivity contribution in [1.82, 2.24) is 15.1 Å². The van der Waals surface area contributed by atoms with Crippen LogP contribution in [0, 0.1) is 0 Å². The second kappa shape index (κ2) is 9.80. The van der Waals surface area contributed by atoms with Gasteiger partial charge < -0.3 is 15.0 Å². The molecule has 1 aromatic rings. The van der Waals surface area contributed by atoms with Crippen molar-refractivity contribution in [1.29, 1.82) is 0 Å². The lowest BCUT2D eigenvalue weighted by molar-refractivity contribution is 0.0176. The van der Waals surface area contributed by atoms with Crippen molar-refractivity contribution in [2.45, 2.75) is 18.9 Å². The van der Waals surface area contributed by atoms with Crippen LogP contribution in [-0.2, 0) is 4.74 Å². The molecule has 130 valence electrons. The number of halogens is 1. The Bertz CT molecular complexity index is 470. The molecule has 2 aliphatic heterocycles. The highest BCUT2D eigenvalue weighted by atomic mass is 127. The molecule has 1 unspecified atom stereocenters. The summed E-state index contributed by atoms with van der Waals surface area (Å²) in [7, 11) is 1.88. The summed E-state index contributed by atoms with van der Waals surface area (Å²) in [6, 6.07) is 4.79. The molecule has 7 heteroatoms. The number of hydrogen-bond acceptors (Lipinski definition) is 4. The fraction of sp³-hybridized carbons (Fsp3) is 0.688. The van der Waals surface area contributed by atoms with Crippen molar-refractivity contribution < 1.29 is 4.74 Å². The van der Waals surface area contributed by atoms with Crippen LogP contribution >= 0.6 is 35.3 Å². The molecular formula is C16H27IN4OS. The number of thiophene rings is 1. The molecule has 1 atom stereocenters. The first-order chi connectivity index (χ1) is 10.9. The van der Waals surface area contributed by atoms with Crippen molar-refractivity contribution in [3.63, 3.8) is 0 Å². The molecule has 0 bridgehead atoms. The summed E-state index contributed by atoms with van der Waals surface area (Å²) < 4.78 is 5.50. The SMILES string of the molecule is CN=C(NCC(c1cccs1)N1CCOCC1)N1CCCC1.I. The van der Waals surface area contributed by atoms with Crippen molar-refractivity contribution in [2.24, 2.45) is 4.99 Å². The summed E-state index contributed by atoms with van der Waals surface area (Å²) in [6.07, 6.45) is 2.55. The highest BCUT2D eigenvalue weighted by molar-refractivity contribution is 14.0. The lowest BCUT2D eigenvalue weighted by Gasteiger charge is -2.35. The number of rotatable bonds is 4. The number of nitrogens with one attached hydrogen (secondary N) is 1. The van der Waals surface area contributed by atoms with E-state index in [1.165, 1.54) is 17.7 Å². The zero-order chi connectivity index (χ0) is 15.2. The third-order valence-electron chi connectivity index (χ3n) is 4.43. The Labute approximate surface area is 160 Å². The molecule has 0 aliphatic carbocycles. The number of aliphatic imine (C=N–C) groups is 1. The highest BCUT2D eigenvalue weighted by Gasteiger charge is 2.24. The van der Waals surface area contributed by atoms with E-state index in [0.29, 0.717) is 6.04 Å². The van der Waals surface area contributed by atoms with Crippen molar-refractivity contribution in [2.75, 3.05) is 53.0 Å². The molecule has 3 heterocycles. The van der Waals surface area contributed by atoms with Crippen molar-refractivity contribution >= 4 is 41.3 Å². The summed E-state index contributed by atoms with van der Waals surface area (Å²) >= 11 is 1.84. The van der Waals surface area contributed by atoms with E-state index in [-0.39, 0.29) is 24.0 Å². The van der Waals surface area contributed by atoms with Gasteiger partial charge in [-0.25, -0.2) is 0 Å². The monoisotopic (exact) mass is 450 g/mol. The van der Waals surface area contributed by atoms with Crippen LogP contribution in [0.2, 0.25) is 0 Å². The minimum Gasteiger partial charge on any atom is -0.379 e. The Morgan fingerprint density at radius 2 is 2.04 bits per heavy atom. The van der Waals surface area contributed by atoms with Gasteiger partial charge in [0.2, 0.25) is 0 Å². The molecule has 5 nitrogen and oxygen atoms in total. The lowest BCUT2D eigenvalue weighted by atomic mass is 10.2. The maximum absolute atomic E-state index is 5.50. The Balaban J connectivity index is 0.00000192. The van der Waals surface area contributed by atoms with Gasteiger partial charge in [-0.1, -0.05) is 6.07 Å². The Kier molecular flexibility index (Phi) is 8.08. The van der Waals surface area contributed by atoms with E-state index in [0.717, 1.165) is 51.9 Å². The molecule has 2 aliphatic rings. The van der Waals surface area contributed by atoms with Crippen LogP contribution < -0.4 is 5.32 Å². The molecule has 3 rings (SSSR count). The second-order valence-corrected chi connectivity index (χ2v) is 6.78. The summed E-state index contributed by atoms with van der Waals surface area (Å²) in [5.41, 5.74) is 0. The van der Waals surface area contributed by atoms with Gasteiger partial charge in [-0.3, -0.25) is 9.89 Å². The summed E-state index contributed by atoms with van der Waals surface area (Å²) in [4.78, 5) is 10.8. The minimum absolute atomic E-state index is 0. The zero-order valence-electron chi connectivity index (χ0n) is 13.7. The molecule has 2 fully saturated rings. The van der Waals surface area contributed by atoms with Crippen molar-refractivity contribution in [3.8, 4) is 0 Å². The predicted molar refractivity (Wildman–Crippen MR) is 107 cm³/mol. The molecule has 1 aromatic heterocycles. The van der Waals surface area contributed by atoms with E-state index in [4.69, 9.17) is 4.74 Å². The smallest absolute Gasteiger partial charge is 0.193 e. The first-order valence-corrected chi connectivity index (χ1v) is 9.07. The summed E-state index contributed by atoms with van der Waals surface area (Å²) in [5, 5.41) is 5.76. The van der Waals surface area contributed by atoms with Gasteiger partial charge in [0.05, 0.1) is 19.3 Å². The number of nitrogens with zero attached hydrogens (tertiary/aromatic N) is 3. The van der Waals surface area contributed by atoms with E-state index in [1.807, 2.05) is 18.4 Å². The van der Waals surface area contributed by atoms with Gasteiger partial charge in [-0.2, -0.15) is 0 Å². The van der Waals surface area contributed by atoms with Gasteiger partial charge in [-0.15, -0.1) is 35.3 Å². The van der Waals surface area contributed by atoms with Crippen LogP contribution in [-0.4, -0.2) is 68.7 Å². The normalized spacial score (nSPS) is 21.1. The first-order valence-electron chi connectivity index (χ1n) is 8.19. The van der Waals surface area contributed by atoms with Crippen molar-refractivity contribution in [3.05, 3.63) is 22.4 Å². The number of guanidine groups is 1. The molecule has 0 aromatic carbocycles. The van der Waals surface area contributed by atoms with Crippen LogP contribution in [0.3, 0.4) is 0 Å². The van der Waals surface area contributed by atoms with E-state index < -0.39 is 0 Å². The average molecular weight is 450 g/mol. The highest BCUT2D eigenvalue weighted by Crippen LogP contribution is 2.25. The first kappa shape index (κ1) is 19.0. The van der Waals surface area contributed by atoms with Gasteiger partial charge in [0, 0.05) is 44.6 Å². The second-order valence-electron chi connectivity index (χ2n) is 5.80. The summed E-state index contributed by atoms with van der Waals surface area (Å²) in [6.45, 7) is 6.84. The van der Waals surface area contributed by atoms with Crippen LogP contribution in [0.25, 0.3) is 0 Å². The van der Waals surface area contributed by atoms with Crippen LogP contribution in [0.15, 0.2) is 22.5 Å². The lowest BCUT2D eigenvalue weighted by Crippen LogP contribution is -2.46. The largest absolute Gasteiger partial charge is 0.379 e. The van der Waals surface area contributed by atoms with Crippen LogP contribution in [0.4, 0.5) is 0 Å². The predicted octanol–water partition coefficient (Wildman–Crippen LogP) is 2.41. The molecule has 2 saturated heterocycles. The molecule has 0 amide bonds. The van der Waals surface area contributed by atoms with E-state index >= 15 is 0 Å². The van der Waals surface area contributed by atoms with Gasteiger partial charge in [0.25, 0.3) is 0 Å². The van der Waals surface area contributed by atoms with E-state index in [9.17, 15) is 0 Å². The molecule has 23 heavy (non-hydrogen) atoms.